The van der Waals surface area contributed by atoms with E-state index in [9.17, 15) is 9.59 Å². The lowest BCUT2D eigenvalue weighted by Crippen LogP contribution is -2.19. The van der Waals surface area contributed by atoms with Gasteiger partial charge in [-0.3, -0.25) is 4.79 Å². The fourth-order valence-electron chi connectivity index (χ4n) is 2.43. The molecular weight excluding hydrogens is 348 g/mol. The van der Waals surface area contributed by atoms with Gasteiger partial charge in [-0.1, -0.05) is 24.3 Å². The van der Waals surface area contributed by atoms with Crippen molar-refractivity contribution >= 4 is 40.6 Å². The van der Waals surface area contributed by atoms with Crippen LogP contribution in [0, 0.1) is 13.8 Å². The van der Waals surface area contributed by atoms with Crippen LogP contribution in [0.25, 0.3) is 6.08 Å². The Hall–Kier alpha value is -2.86. The van der Waals surface area contributed by atoms with Crippen LogP contribution in [-0.2, 0) is 9.53 Å². The van der Waals surface area contributed by atoms with Gasteiger partial charge in [-0.15, -0.1) is 0 Å². The van der Waals surface area contributed by atoms with E-state index < -0.39 is 0 Å². The number of thioether (sulfide) groups is 1. The van der Waals surface area contributed by atoms with Crippen molar-refractivity contribution in [1.29, 1.82) is 0 Å². The van der Waals surface area contributed by atoms with Crippen LogP contribution >= 0.6 is 11.8 Å². The van der Waals surface area contributed by atoms with Crippen molar-refractivity contribution < 1.29 is 14.3 Å². The third-order valence-corrected chi connectivity index (χ3v) is 4.99. The summed E-state index contributed by atoms with van der Waals surface area (Å²) in [5, 5.41) is 3.35. The lowest BCUT2D eigenvalue weighted by molar-refractivity contribution is -0.115. The zero-order valence-electron chi connectivity index (χ0n) is 14.7. The average Bonchev–Trinajstić information content (AvgIpc) is 2.98. The van der Waals surface area contributed by atoms with E-state index in [4.69, 9.17) is 0 Å². The molecule has 26 heavy (non-hydrogen) atoms. The summed E-state index contributed by atoms with van der Waals surface area (Å²) in [5.74, 6) is -0.573. The summed E-state index contributed by atoms with van der Waals surface area (Å²) >= 11 is 1.30. The molecule has 0 aromatic heterocycles. The van der Waals surface area contributed by atoms with E-state index in [1.807, 2.05) is 32.0 Å². The largest absolute Gasteiger partial charge is 0.465 e. The summed E-state index contributed by atoms with van der Waals surface area (Å²) < 4.78 is 4.68. The normalized spacial score (nSPS) is 16.8. The first-order valence-corrected chi connectivity index (χ1v) is 8.84. The minimum atomic E-state index is -0.389. The molecule has 0 aliphatic carbocycles. The maximum absolute atomic E-state index is 12.2. The number of carbonyl (C=O) groups is 2. The Bertz CT molecular complexity index is 931. The standard InChI is InChI=1S/C20H18N2O3S/c1-12-5-4-6-16(13(12)2)21-20-22-18(23)17(26-20)11-14-7-9-15(10-8-14)19(24)25-3/h4-11H,1-3H3,(H,21,22,23)/b17-11-. The molecule has 0 bridgehead atoms. The molecule has 0 radical (unpaired) electrons. The lowest BCUT2D eigenvalue weighted by Gasteiger charge is -2.04. The van der Waals surface area contributed by atoms with Crippen molar-refractivity contribution in [2.45, 2.75) is 13.8 Å². The van der Waals surface area contributed by atoms with Crippen molar-refractivity contribution in [1.82, 2.24) is 5.32 Å². The molecule has 1 amide bonds. The molecule has 1 aliphatic rings. The van der Waals surface area contributed by atoms with E-state index >= 15 is 0 Å². The number of aryl methyl sites for hydroxylation is 1. The SMILES string of the molecule is COC(=O)c1ccc(/C=C2\SC(=Nc3cccc(C)c3C)NC2=O)cc1. The van der Waals surface area contributed by atoms with Gasteiger partial charge in [0, 0.05) is 0 Å². The summed E-state index contributed by atoms with van der Waals surface area (Å²) in [5.41, 5.74) is 4.38. The molecule has 0 atom stereocenters. The number of esters is 1. The molecule has 0 spiro atoms. The van der Waals surface area contributed by atoms with Crippen LogP contribution in [-0.4, -0.2) is 24.2 Å². The van der Waals surface area contributed by atoms with Crippen LogP contribution in [0.15, 0.2) is 52.4 Å². The second-order valence-corrected chi connectivity index (χ2v) is 6.85. The number of amidine groups is 1. The molecule has 1 aliphatic heterocycles. The Morgan fingerprint density at radius 2 is 1.88 bits per heavy atom. The van der Waals surface area contributed by atoms with E-state index in [-0.39, 0.29) is 11.9 Å². The molecule has 2 aromatic rings. The highest BCUT2D eigenvalue weighted by Crippen LogP contribution is 2.29. The Labute approximate surface area is 156 Å². The highest BCUT2D eigenvalue weighted by atomic mass is 32.2. The third-order valence-electron chi connectivity index (χ3n) is 4.08. The number of rotatable bonds is 3. The lowest BCUT2D eigenvalue weighted by atomic mass is 10.1. The van der Waals surface area contributed by atoms with Crippen LogP contribution in [0.4, 0.5) is 5.69 Å². The Balaban J connectivity index is 1.81. The second-order valence-electron chi connectivity index (χ2n) is 5.81. The van der Waals surface area contributed by atoms with Crippen LogP contribution < -0.4 is 5.32 Å². The molecule has 0 unspecified atom stereocenters. The quantitative estimate of drug-likeness (QED) is 0.659. The van der Waals surface area contributed by atoms with E-state index in [0.717, 1.165) is 22.4 Å². The molecule has 1 heterocycles. The molecule has 6 heteroatoms. The average molecular weight is 366 g/mol. The molecule has 1 fully saturated rings. The van der Waals surface area contributed by atoms with Gasteiger partial charge in [0.1, 0.15) is 0 Å². The van der Waals surface area contributed by atoms with Gasteiger partial charge in [0.05, 0.1) is 23.3 Å². The Kier molecular flexibility index (Phi) is 5.23. The third kappa shape index (κ3) is 3.86. The Morgan fingerprint density at radius 3 is 2.58 bits per heavy atom. The number of aliphatic imine (C=N–C) groups is 1. The fraction of sp³-hybridized carbons (Fsp3) is 0.150. The molecule has 2 aromatic carbocycles. The number of nitrogens with zero attached hydrogens (tertiary/aromatic N) is 1. The summed E-state index contributed by atoms with van der Waals surface area (Å²) in [6, 6.07) is 12.8. The number of nitrogens with one attached hydrogen (secondary N) is 1. The van der Waals surface area contributed by atoms with E-state index in [0.29, 0.717) is 15.6 Å². The number of hydrogen-bond donors (Lipinski definition) is 1. The molecular formula is C20H18N2O3S. The van der Waals surface area contributed by atoms with Gasteiger partial charge < -0.3 is 10.1 Å². The van der Waals surface area contributed by atoms with Gasteiger partial charge in [-0.25, -0.2) is 9.79 Å². The Morgan fingerprint density at radius 1 is 1.15 bits per heavy atom. The summed E-state index contributed by atoms with van der Waals surface area (Å²) in [4.78, 5) is 28.8. The van der Waals surface area contributed by atoms with Crippen LogP contribution in [0.2, 0.25) is 0 Å². The summed E-state index contributed by atoms with van der Waals surface area (Å²) in [7, 11) is 1.34. The summed E-state index contributed by atoms with van der Waals surface area (Å²) in [6.45, 7) is 4.04. The maximum Gasteiger partial charge on any atom is 0.337 e. The number of hydrogen-bond acceptors (Lipinski definition) is 5. The minimum absolute atomic E-state index is 0.184. The highest BCUT2D eigenvalue weighted by Gasteiger charge is 2.24. The highest BCUT2D eigenvalue weighted by molar-refractivity contribution is 8.18. The van der Waals surface area contributed by atoms with Gasteiger partial charge in [0.2, 0.25) is 0 Å². The predicted molar refractivity (Wildman–Crippen MR) is 105 cm³/mol. The zero-order chi connectivity index (χ0) is 18.7. The predicted octanol–water partition coefficient (Wildman–Crippen LogP) is 3.98. The first kappa shape index (κ1) is 17.9. The number of amides is 1. The number of methoxy groups -OCH3 is 1. The molecule has 3 rings (SSSR count). The second kappa shape index (κ2) is 7.58. The van der Waals surface area contributed by atoms with E-state index in [2.05, 4.69) is 15.0 Å². The number of ether oxygens (including phenoxy) is 1. The molecule has 1 N–H and O–H groups in total. The van der Waals surface area contributed by atoms with Gasteiger partial charge in [-0.2, -0.15) is 0 Å². The van der Waals surface area contributed by atoms with Crippen LogP contribution in [0.1, 0.15) is 27.0 Å². The zero-order valence-corrected chi connectivity index (χ0v) is 15.5. The van der Waals surface area contributed by atoms with Gasteiger partial charge >= 0.3 is 5.97 Å². The topological polar surface area (TPSA) is 67.8 Å². The van der Waals surface area contributed by atoms with Gasteiger partial charge in [0.15, 0.2) is 5.17 Å². The minimum Gasteiger partial charge on any atom is -0.465 e. The van der Waals surface area contributed by atoms with E-state index in [1.165, 1.54) is 18.9 Å². The van der Waals surface area contributed by atoms with Crippen molar-refractivity contribution in [2.24, 2.45) is 4.99 Å². The van der Waals surface area contributed by atoms with Crippen LogP contribution in [0.3, 0.4) is 0 Å². The molecule has 1 saturated heterocycles. The smallest absolute Gasteiger partial charge is 0.337 e. The first-order chi connectivity index (χ1) is 12.5. The molecule has 0 saturated carbocycles. The number of carbonyl (C=O) groups excluding carboxylic acids is 2. The fourth-order valence-corrected chi connectivity index (χ4v) is 3.27. The van der Waals surface area contributed by atoms with Crippen molar-refractivity contribution in [2.75, 3.05) is 7.11 Å². The summed E-state index contributed by atoms with van der Waals surface area (Å²) in [6.07, 6.45) is 1.77. The number of benzene rings is 2. The van der Waals surface area contributed by atoms with Gasteiger partial charge in [0.25, 0.3) is 5.91 Å². The van der Waals surface area contributed by atoms with Crippen molar-refractivity contribution in [3.8, 4) is 0 Å². The maximum atomic E-state index is 12.2. The first-order valence-electron chi connectivity index (χ1n) is 8.02. The molecule has 132 valence electrons. The van der Waals surface area contributed by atoms with Crippen molar-refractivity contribution in [3.05, 3.63) is 69.6 Å². The molecule has 5 nitrogen and oxygen atoms in total. The van der Waals surface area contributed by atoms with Crippen molar-refractivity contribution in [3.63, 3.8) is 0 Å². The van der Waals surface area contributed by atoms with Gasteiger partial charge in [-0.05, 0) is 66.6 Å². The van der Waals surface area contributed by atoms with E-state index in [1.54, 1.807) is 30.3 Å². The van der Waals surface area contributed by atoms with Crippen LogP contribution in [0.5, 0.6) is 0 Å². The monoisotopic (exact) mass is 366 g/mol.